The minimum atomic E-state index is -0.373. The van der Waals surface area contributed by atoms with Crippen molar-refractivity contribution in [2.75, 3.05) is 0 Å². The zero-order chi connectivity index (χ0) is 16.7. The molecule has 2 aromatic carbocycles. The molecule has 0 radical (unpaired) electrons. The van der Waals surface area contributed by atoms with Crippen molar-refractivity contribution in [1.29, 1.82) is 0 Å². The minimum Gasteiger partial charge on any atom is -0.284 e. The van der Waals surface area contributed by atoms with Gasteiger partial charge in [-0.05, 0) is 12.1 Å². The lowest BCUT2D eigenvalue weighted by Gasteiger charge is -2.01. The van der Waals surface area contributed by atoms with E-state index in [9.17, 15) is 9.18 Å². The molecule has 0 fully saturated rings. The topological polar surface area (TPSA) is 41.4 Å². The van der Waals surface area contributed by atoms with Crippen LogP contribution in [0.2, 0.25) is 0 Å². The Bertz CT molecular complexity index is 1050. The molecule has 0 saturated heterocycles. The molecule has 0 saturated carbocycles. The fourth-order valence-corrected chi connectivity index (χ4v) is 2.92. The Morgan fingerprint density at radius 2 is 1.75 bits per heavy atom. The van der Waals surface area contributed by atoms with Crippen molar-refractivity contribution in [3.05, 3.63) is 89.6 Å². The molecule has 0 spiro atoms. The second kappa shape index (κ2) is 5.45. The average Bonchev–Trinajstić information content (AvgIpc) is 3.15. The van der Waals surface area contributed by atoms with E-state index in [-0.39, 0.29) is 11.6 Å². The van der Waals surface area contributed by atoms with Crippen molar-refractivity contribution in [2.24, 2.45) is 0 Å². The average molecular weight is 320 g/mol. The number of H-pyrrole nitrogens is 1. The van der Waals surface area contributed by atoms with Crippen LogP contribution < -0.4 is 4.52 Å². The molecule has 24 heavy (non-hydrogen) atoms. The van der Waals surface area contributed by atoms with E-state index in [1.807, 2.05) is 31.2 Å². The molecule has 0 aliphatic rings. The summed E-state index contributed by atoms with van der Waals surface area (Å²) < 4.78 is 17.8. The number of hydrogen-bond donors (Lipinski definition) is 1. The predicted molar refractivity (Wildman–Crippen MR) is 87.4 cm³/mol. The first-order valence-electron chi connectivity index (χ1n) is 7.63. The number of fused-ring (bicyclic) bond motifs is 1. The van der Waals surface area contributed by atoms with E-state index in [2.05, 4.69) is 5.10 Å². The molecule has 0 bridgehead atoms. The highest BCUT2D eigenvalue weighted by atomic mass is 19.1. The van der Waals surface area contributed by atoms with Gasteiger partial charge in [0.1, 0.15) is 11.5 Å². The monoisotopic (exact) mass is 320 g/mol. The lowest BCUT2D eigenvalue weighted by molar-refractivity contribution is -0.625. The first kappa shape index (κ1) is 14.4. The van der Waals surface area contributed by atoms with Crippen LogP contribution in [0.4, 0.5) is 4.39 Å². The highest BCUT2D eigenvalue weighted by Crippen LogP contribution is 2.24. The standard InChI is InChI=1S/C19H14FN3O/c1-13-11-12-22-21-17(15-9-5-6-10-16(15)20)18(23(13)22)19(24)14-7-3-2-4-8-14/h2-12H,1H3/p+1. The third-order valence-electron chi connectivity index (χ3n) is 4.08. The maximum atomic E-state index is 14.3. The SMILES string of the molecule is Cc1ccn2[nH]c(-c3ccccc3F)c(C(=O)c3ccccc3)[n+]12. The largest absolute Gasteiger partial charge is 0.284 e. The molecule has 118 valence electrons. The second-order valence-electron chi connectivity index (χ2n) is 5.62. The summed E-state index contributed by atoms with van der Waals surface area (Å²) >= 11 is 0. The van der Waals surface area contributed by atoms with Crippen LogP contribution in [0.3, 0.4) is 0 Å². The van der Waals surface area contributed by atoms with Crippen molar-refractivity contribution in [3.8, 4) is 11.3 Å². The van der Waals surface area contributed by atoms with Gasteiger partial charge in [-0.3, -0.25) is 4.79 Å². The lowest BCUT2D eigenvalue weighted by atomic mass is 10.0. The van der Waals surface area contributed by atoms with Crippen LogP contribution in [-0.4, -0.2) is 15.5 Å². The van der Waals surface area contributed by atoms with E-state index in [1.165, 1.54) is 6.07 Å². The normalized spacial score (nSPS) is 11.1. The number of aryl methyl sites for hydroxylation is 1. The molecule has 0 unspecified atom stereocenters. The highest BCUT2D eigenvalue weighted by molar-refractivity contribution is 6.09. The molecule has 4 rings (SSSR count). The molecule has 4 nitrogen and oxygen atoms in total. The summed E-state index contributed by atoms with van der Waals surface area (Å²) in [7, 11) is 0. The van der Waals surface area contributed by atoms with Gasteiger partial charge in [0.15, 0.2) is 0 Å². The van der Waals surface area contributed by atoms with Crippen LogP contribution in [-0.2, 0) is 0 Å². The highest BCUT2D eigenvalue weighted by Gasteiger charge is 2.30. The van der Waals surface area contributed by atoms with Gasteiger partial charge in [-0.15, -0.1) is 4.52 Å². The Morgan fingerprint density at radius 3 is 2.50 bits per heavy atom. The fourth-order valence-electron chi connectivity index (χ4n) is 2.92. The van der Waals surface area contributed by atoms with Crippen molar-refractivity contribution in [1.82, 2.24) is 9.73 Å². The molecule has 2 aromatic heterocycles. The van der Waals surface area contributed by atoms with Gasteiger partial charge in [-0.1, -0.05) is 47.1 Å². The van der Waals surface area contributed by atoms with Crippen molar-refractivity contribution < 1.29 is 13.7 Å². The number of carbonyl (C=O) groups excluding carboxylic acids is 1. The number of carbonyl (C=O) groups is 1. The molecule has 0 amide bonds. The van der Waals surface area contributed by atoms with Crippen LogP contribution in [0.5, 0.6) is 0 Å². The van der Waals surface area contributed by atoms with Gasteiger partial charge in [-0.25, -0.2) is 4.39 Å². The van der Waals surface area contributed by atoms with Gasteiger partial charge in [0.2, 0.25) is 17.2 Å². The molecule has 0 aliphatic carbocycles. The van der Waals surface area contributed by atoms with Gasteiger partial charge in [0.25, 0.3) is 0 Å². The van der Waals surface area contributed by atoms with Crippen LogP contribution in [0.25, 0.3) is 11.3 Å². The number of halogens is 1. The van der Waals surface area contributed by atoms with E-state index in [0.29, 0.717) is 22.5 Å². The van der Waals surface area contributed by atoms with Crippen molar-refractivity contribution >= 4 is 5.78 Å². The molecule has 2 heterocycles. The lowest BCUT2D eigenvalue weighted by Crippen LogP contribution is -2.34. The summed E-state index contributed by atoms with van der Waals surface area (Å²) in [6, 6.07) is 17.3. The molecular weight excluding hydrogens is 305 g/mol. The predicted octanol–water partition coefficient (Wildman–Crippen LogP) is 3.20. The summed E-state index contributed by atoms with van der Waals surface area (Å²) in [5.74, 6) is -0.533. The minimum absolute atomic E-state index is 0.160. The van der Waals surface area contributed by atoms with Crippen LogP contribution in [0.15, 0.2) is 66.9 Å². The third-order valence-corrected chi connectivity index (χ3v) is 4.08. The van der Waals surface area contributed by atoms with Gasteiger partial charge in [0, 0.05) is 18.6 Å². The number of benzene rings is 2. The number of ketones is 1. The Balaban J connectivity index is 2.02. The molecule has 0 atom stereocenters. The van der Waals surface area contributed by atoms with Crippen LogP contribution >= 0.6 is 0 Å². The molecule has 4 aromatic rings. The number of rotatable bonds is 3. The number of nitrogens with zero attached hydrogens (tertiary/aromatic N) is 2. The summed E-state index contributed by atoms with van der Waals surface area (Å²) in [5.41, 5.74) is 2.68. The molecule has 1 N–H and O–H groups in total. The molecule has 0 aliphatic heterocycles. The summed E-state index contributed by atoms with van der Waals surface area (Å²) in [6.45, 7) is 1.90. The number of nitrogens with one attached hydrogen (secondary N) is 1. The summed E-state index contributed by atoms with van der Waals surface area (Å²) in [6.07, 6.45) is 1.81. The van der Waals surface area contributed by atoms with E-state index in [1.54, 1.807) is 45.7 Å². The second-order valence-corrected chi connectivity index (χ2v) is 5.62. The maximum Gasteiger partial charge on any atom is 0.250 e. The first-order chi connectivity index (χ1) is 11.7. The van der Waals surface area contributed by atoms with E-state index in [0.717, 1.165) is 5.69 Å². The van der Waals surface area contributed by atoms with Crippen molar-refractivity contribution in [3.63, 3.8) is 0 Å². The van der Waals surface area contributed by atoms with Crippen LogP contribution in [0, 0.1) is 12.7 Å². The first-order valence-corrected chi connectivity index (χ1v) is 7.63. The van der Waals surface area contributed by atoms with Gasteiger partial charge < -0.3 is 0 Å². The number of aromatic amines is 1. The fraction of sp³-hybridized carbons (Fsp3) is 0.0526. The Morgan fingerprint density at radius 1 is 1.04 bits per heavy atom. The molecule has 5 heteroatoms. The Hall–Kier alpha value is -3.21. The number of hydrogen-bond acceptors (Lipinski definition) is 1. The maximum absolute atomic E-state index is 14.3. The van der Waals surface area contributed by atoms with E-state index < -0.39 is 0 Å². The van der Waals surface area contributed by atoms with Crippen molar-refractivity contribution in [2.45, 2.75) is 6.92 Å². The zero-order valence-corrected chi connectivity index (χ0v) is 13.0. The third kappa shape index (κ3) is 2.13. The smallest absolute Gasteiger partial charge is 0.250 e. The van der Waals surface area contributed by atoms with Crippen LogP contribution in [0.1, 0.15) is 21.7 Å². The Labute approximate surface area is 137 Å². The summed E-state index contributed by atoms with van der Waals surface area (Å²) in [4.78, 5) is 13.1. The summed E-state index contributed by atoms with van der Waals surface area (Å²) in [5, 5.41) is 3.11. The zero-order valence-electron chi connectivity index (χ0n) is 13.0. The molecular formula is C19H15FN3O+. The Kier molecular flexibility index (Phi) is 3.27. The van der Waals surface area contributed by atoms with E-state index >= 15 is 0 Å². The van der Waals surface area contributed by atoms with Gasteiger partial charge in [-0.2, -0.15) is 5.10 Å². The van der Waals surface area contributed by atoms with Gasteiger partial charge in [0.05, 0.1) is 11.8 Å². The quantitative estimate of drug-likeness (QED) is 0.457. The van der Waals surface area contributed by atoms with Gasteiger partial charge >= 0.3 is 0 Å². The number of aromatic nitrogens is 3. The van der Waals surface area contributed by atoms with E-state index in [4.69, 9.17) is 0 Å².